The van der Waals surface area contributed by atoms with Crippen LogP contribution < -0.4 is 4.74 Å². The van der Waals surface area contributed by atoms with E-state index in [-0.39, 0.29) is 37.4 Å². The molecule has 0 heterocycles. The second kappa shape index (κ2) is 14.6. The van der Waals surface area contributed by atoms with Crippen LogP contribution >= 0.6 is 0 Å². The molecule has 0 saturated carbocycles. The molecule has 0 aliphatic carbocycles. The number of carbonyl (C=O) groups excluding carboxylic acids is 5. The van der Waals surface area contributed by atoms with Crippen molar-refractivity contribution in [2.24, 2.45) is 11.8 Å². The SMILES string of the molecule is CCOC(=O)COc1ccc(C(=O)C(CCOC(C)=O)C(C(=O)OC(C)(C)C)C(=O)c2ccc(C#N)cc2)cc1. The number of ketones is 2. The van der Waals surface area contributed by atoms with Crippen LogP contribution in [0, 0.1) is 23.2 Å². The fourth-order valence-electron chi connectivity index (χ4n) is 3.76. The Labute approximate surface area is 233 Å². The van der Waals surface area contributed by atoms with Gasteiger partial charge in [-0.1, -0.05) is 12.1 Å². The molecular formula is C30H33NO9. The molecule has 212 valence electrons. The van der Waals surface area contributed by atoms with E-state index in [1.807, 2.05) is 6.07 Å². The van der Waals surface area contributed by atoms with Crippen LogP contribution in [-0.4, -0.2) is 54.9 Å². The lowest BCUT2D eigenvalue weighted by Gasteiger charge is -2.28. The summed E-state index contributed by atoms with van der Waals surface area (Å²) in [5.74, 6) is -5.76. The van der Waals surface area contributed by atoms with Crippen LogP contribution in [0.1, 0.15) is 67.3 Å². The number of hydrogen-bond acceptors (Lipinski definition) is 10. The highest BCUT2D eigenvalue weighted by Gasteiger charge is 2.42. The van der Waals surface area contributed by atoms with E-state index in [2.05, 4.69) is 0 Å². The number of Topliss-reactive ketones (excluding diaryl/α,β-unsaturated/α-hetero) is 2. The predicted molar refractivity (Wildman–Crippen MR) is 142 cm³/mol. The van der Waals surface area contributed by atoms with Crippen LogP contribution in [0.3, 0.4) is 0 Å². The van der Waals surface area contributed by atoms with Crippen LogP contribution in [0.5, 0.6) is 5.75 Å². The summed E-state index contributed by atoms with van der Waals surface area (Å²) in [6, 6.07) is 13.5. The average molecular weight is 552 g/mol. The second-order valence-electron chi connectivity index (χ2n) is 9.78. The Morgan fingerprint density at radius 2 is 1.45 bits per heavy atom. The van der Waals surface area contributed by atoms with Gasteiger partial charge >= 0.3 is 17.9 Å². The Balaban J connectivity index is 2.46. The van der Waals surface area contributed by atoms with E-state index in [1.165, 1.54) is 55.5 Å². The summed E-state index contributed by atoms with van der Waals surface area (Å²) in [4.78, 5) is 63.9. The van der Waals surface area contributed by atoms with Crippen molar-refractivity contribution in [1.29, 1.82) is 5.26 Å². The molecule has 2 atom stereocenters. The third-order valence-electron chi connectivity index (χ3n) is 5.52. The van der Waals surface area contributed by atoms with E-state index in [1.54, 1.807) is 27.7 Å². The van der Waals surface area contributed by atoms with Crippen LogP contribution in [-0.2, 0) is 28.6 Å². The highest BCUT2D eigenvalue weighted by molar-refractivity contribution is 6.13. The van der Waals surface area contributed by atoms with E-state index < -0.39 is 46.9 Å². The summed E-state index contributed by atoms with van der Waals surface area (Å²) in [6.45, 7) is 7.48. The van der Waals surface area contributed by atoms with Crippen molar-refractivity contribution >= 4 is 29.5 Å². The fraction of sp³-hybridized carbons (Fsp3) is 0.400. The molecule has 0 fully saturated rings. The van der Waals surface area contributed by atoms with Gasteiger partial charge in [0.05, 0.1) is 24.8 Å². The van der Waals surface area contributed by atoms with Gasteiger partial charge in [0.25, 0.3) is 0 Å². The maximum absolute atomic E-state index is 13.8. The zero-order valence-corrected chi connectivity index (χ0v) is 23.2. The summed E-state index contributed by atoms with van der Waals surface area (Å²) in [6.07, 6.45) is -0.133. The molecule has 2 aromatic rings. The van der Waals surface area contributed by atoms with Crippen molar-refractivity contribution in [2.75, 3.05) is 19.8 Å². The van der Waals surface area contributed by atoms with E-state index in [9.17, 15) is 24.0 Å². The maximum Gasteiger partial charge on any atom is 0.344 e. The van der Waals surface area contributed by atoms with Crippen molar-refractivity contribution < 1.29 is 42.9 Å². The maximum atomic E-state index is 13.8. The number of rotatable bonds is 13. The lowest BCUT2D eigenvalue weighted by Crippen LogP contribution is -2.41. The lowest BCUT2D eigenvalue weighted by atomic mass is 9.79. The average Bonchev–Trinajstić information content (AvgIpc) is 2.90. The van der Waals surface area contributed by atoms with Gasteiger partial charge in [-0.05, 0) is 70.5 Å². The van der Waals surface area contributed by atoms with E-state index >= 15 is 0 Å². The monoisotopic (exact) mass is 551 g/mol. The number of nitrogens with zero attached hydrogens (tertiary/aromatic N) is 1. The first-order valence-electron chi connectivity index (χ1n) is 12.7. The number of benzene rings is 2. The molecule has 0 spiro atoms. The van der Waals surface area contributed by atoms with Gasteiger partial charge in [-0.15, -0.1) is 0 Å². The van der Waals surface area contributed by atoms with Crippen molar-refractivity contribution in [3.05, 3.63) is 65.2 Å². The summed E-state index contributed by atoms with van der Waals surface area (Å²) in [5.41, 5.74) is -0.361. The van der Waals surface area contributed by atoms with Crippen molar-refractivity contribution in [3.63, 3.8) is 0 Å². The zero-order valence-electron chi connectivity index (χ0n) is 23.2. The summed E-state index contributed by atoms with van der Waals surface area (Å²) >= 11 is 0. The molecule has 0 aromatic heterocycles. The minimum atomic E-state index is -1.56. The van der Waals surface area contributed by atoms with Gasteiger partial charge in [-0.2, -0.15) is 5.26 Å². The largest absolute Gasteiger partial charge is 0.482 e. The highest BCUT2D eigenvalue weighted by atomic mass is 16.6. The second-order valence-corrected chi connectivity index (χ2v) is 9.78. The Hall–Kier alpha value is -4.52. The molecular weight excluding hydrogens is 518 g/mol. The standard InChI is InChI=1S/C30H33NO9/c1-6-37-25(33)18-39-23-13-11-21(12-14-23)27(34)24(15-16-38-19(2)32)26(29(36)40-30(3,4)5)28(35)22-9-7-20(17-31)8-10-22/h7-14,24,26H,6,15-16,18H2,1-5H3. The minimum absolute atomic E-state index is 0.114. The Morgan fingerprint density at radius 3 is 1.98 bits per heavy atom. The van der Waals surface area contributed by atoms with E-state index in [0.29, 0.717) is 11.3 Å². The van der Waals surface area contributed by atoms with Gasteiger partial charge in [0.2, 0.25) is 0 Å². The Bertz CT molecular complexity index is 1250. The van der Waals surface area contributed by atoms with Gasteiger partial charge in [0.15, 0.2) is 18.2 Å². The molecule has 0 bridgehead atoms. The molecule has 0 amide bonds. The number of carbonyl (C=O) groups is 5. The van der Waals surface area contributed by atoms with E-state index in [0.717, 1.165) is 0 Å². The summed E-state index contributed by atoms with van der Waals surface area (Å²) < 4.78 is 20.8. The minimum Gasteiger partial charge on any atom is -0.482 e. The third-order valence-corrected chi connectivity index (χ3v) is 5.52. The van der Waals surface area contributed by atoms with Crippen LogP contribution in [0.4, 0.5) is 0 Å². The molecule has 0 saturated heterocycles. The summed E-state index contributed by atoms with van der Waals surface area (Å²) in [5, 5.41) is 9.10. The molecule has 2 aromatic carbocycles. The number of hydrogen-bond donors (Lipinski definition) is 0. The molecule has 0 aliphatic rings. The Morgan fingerprint density at radius 1 is 0.875 bits per heavy atom. The normalized spacial score (nSPS) is 12.3. The van der Waals surface area contributed by atoms with Crippen molar-refractivity contribution in [2.45, 2.75) is 46.6 Å². The van der Waals surface area contributed by atoms with Crippen LogP contribution in [0.15, 0.2) is 48.5 Å². The molecule has 10 heteroatoms. The molecule has 2 rings (SSSR count). The third kappa shape index (κ3) is 9.66. The topological polar surface area (TPSA) is 146 Å². The molecule has 2 unspecified atom stereocenters. The van der Waals surface area contributed by atoms with Gasteiger partial charge in [0.1, 0.15) is 17.3 Å². The smallest absolute Gasteiger partial charge is 0.344 e. The van der Waals surface area contributed by atoms with Gasteiger partial charge in [0, 0.05) is 24.0 Å². The number of esters is 3. The number of nitriles is 1. The fourth-order valence-corrected chi connectivity index (χ4v) is 3.76. The first-order chi connectivity index (χ1) is 18.9. The molecule has 10 nitrogen and oxygen atoms in total. The van der Waals surface area contributed by atoms with E-state index in [4.69, 9.17) is 24.2 Å². The van der Waals surface area contributed by atoms with Gasteiger partial charge < -0.3 is 18.9 Å². The quantitative estimate of drug-likeness (QED) is 0.154. The first kappa shape index (κ1) is 31.7. The van der Waals surface area contributed by atoms with Crippen molar-refractivity contribution in [1.82, 2.24) is 0 Å². The molecule has 0 aliphatic heterocycles. The van der Waals surface area contributed by atoms with Gasteiger partial charge in [-0.25, -0.2) is 4.79 Å². The first-order valence-corrected chi connectivity index (χ1v) is 12.7. The lowest BCUT2D eigenvalue weighted by molar-refractivity contribution is -0.159. The molecule has 0 radical (unpaired) electrons. The van der Waals surface area contributed by atoms with Gasteiger partial charge in [-0.3, -0.25) is 19.2 Å². The highest BCUT2D eigenvalue weighted by Crippen LogP contribution is 2.29. The predicted octanol–water partition coefficient (Wildman–Crippen LogP) is 4.09. The van der Waals surface area contributed by atoms with Crippen molar-refractivity contribution in [3.8, 4) is 11.8 Å². The molecule has 40 heavy (non-hydrogen) atoms. The Kier molecular flexibility index (Phi) is 11.6. The van der Waals surface area contributed by atoms with Crippen LogP contribution in [0.2, 0.25) is 0 Å². The number of ether oxygens (including phenoxy) is 4. The summed E-state index contributed by atoms with van der Waals surface area (Å²) in [7, 11) is 0. The molecule has 0 N–H and O–H groups in total. The zero-order chi connectivity index (χ0) is 29.9. The van der Waals surface area contributed by atoms with Crippen LogP contribution in [0.25, 0.3) is 0 Å².